The zero-order chi connectivity index (χ0) is 23.3. The molecule has 1 aromatic carbocycles. The van der Waals surface area contributed by atoms with Gasteiger partial charge in [-0.1, -0.05) is 29.8 Å². The Hall–Kier alpha value is -2.48. The van der Waals surface area contributed by atoms with Crippen LogP contribution in [0, 0.1) is 5.92 Å². The summed E-state index contributed by atoms with van der Waals surface area (Å²) in [6, 6.07) is 13.3. The first-order valence-corrected chi connectivity index (χ1v) is 11.2. The van der Waals surface area contributed by atoms with Gasteiger partial charge in [0.25, 0.3) is 0 Å². The number of hydrogen-bond donors (Lipinski definition) is 1. The topological polar surface area (TPSA) is 88.8 Å². The van der Waals surface area contributed by atoms with Crippen LogP contribution in [0.2, 0.25) is 5.02 Å². The first-order valence-electron chi connectivity index (χ1n) is 10.9. The Balaban J connectivity index is 0.000000439. The number of rotatable bonds is 8. The first kappa shape index (κ1) is 25.8. The molecule has 1 saturated carbocycles. The van der Waals surface area contributed by atoms with Crippen molar-refractivity contribution >= 4 is 29.7 Å². The lowest BCUT2D eigenvalue weighted by atomic mass is 9.85. The van der Waals surface area contributed by atoms with E-state index < -0.39 is 5.97 Å². The molecule has 0 radical (unpaired) electrons. The summed E-state index contributed by atoms with van der Waals surface area (Å²) in [6.45, 7) is 2.15. The number of nitrogens with zero attached hydrogens (tertiary/aromatic N) is 3. The fourth-order valence-corrected chi connectivity index (χ4v) is 3.85. The molecule has 1 fully saturated rings. The van der Waals surface area contributed by atoms with E-state index in [1.807, 2.05) is 30.3 Å². The summed E-state index contributed by atoms with van der Waals surface area (Å²) in [4.78, 5) is 30.8. The number of likely N-dealkylation sites (N-methyl/N-ethyl adjacent to an activating group) is 1. The van der Waals surface area contributed by atoms with Crippen LogP contribution in [0.4, 0.5) is 5.69 Å². The number of hydrogen-bond acceptors (Lipinski definition) is 6. The van der Waals surface area contributed by atoms with Gasteiger partial charge in [0.1, 0.15) is 5.69 Å². The zero-order valence-electron chi connectivity index (χ0n) is 18.8. The van der Waals surface area contributed by atoms with Crippen LogP contribution in [-0.2, 0) is 9.53 Å². The van der Waals surface area contributed by atoms with Gasteiger partial charge in [0.2, 0.25) is 6.41 Å². The molecule has 1 amide bonds. The molecule has 1 aliphatic rings. The quantitative estimate of drug-likeness (QED) is 0.478. The summed E-state index contributed by atoms with van der Waals surface area (Å²) < 4.78 is 4.63. The van der Waals surface area contributed by atoms with Crippen LogP contribution in [0.15, 0.2) is 48.7 Å². The van der Waals surface area contributed by atoms with Crippen molar-refractivity contribution in [2.75, 3.05) is 38.7 Å². The zero-order valence-corrected chi connectivity index (χ0v) is 19.6. The number of amides is 1. The van der Waals surface area contributed by atoms with Gasteiger partial charge in [-0.05, 0) is 69.5 Å². The van der Waals surface area contributed by atoms with E-state index in [4.69, 9.17) is 17.3 Å². The largest absolute Gasteiger partial charge is 0.464 e. The molecule has 0 saturated heterocycles. The minimum atomic E-state index is -0.489. The predicted molar refractivity (Wildman–Crippen MR) is 128 cm³/mol. The second kappa shape index (κ2) is 13.8. The standard InChI is InChI=1S/C18H28N4O3.C6H5Cl/c1-21(15-5-3-14(11-19)4-6-15)9-10-22(13-23)16-7-8-17(20-12-16)18(24)25-2;7-6-4-2-1-3-5-6/h7-8,12-15H,3-6,9-11,19H2,1-2H3;1-5H. The number of pyridine rings is 1. The van der Waals surface area contributed by atoms with Crippen LogP contribution >= 0.6 is 11.6 Å². The van der Waals surface area contributed by atoms with Crippen molar-refractivity contribution in [3.8, 4) is 0 Å². The number of carbonyl (C=O) groups excluding carboxylic acids is 2. The van der Waals surface area contributed by atoms with E-state index in [9.17, 15) is 9.59 Å². The molecule has 1 heterocycles. The van der Waals surface area contributed by atoms with Crippen LogP contribution in [0.1, 0.15) is 36.2 Å². The molecule has 7 nitrogen and oxygen atoms in total. The van der Waals surface area contributed by atoms with Crippen LogP contribution in [0.25, 0.3) is 0 Å². The van der Waals surface area contributed by atoms with Crippen LogP contribution in [0.5, 0.6) is 0 Å². The van der Waals surface area contributed by atoms with Crippen molar-refractivity contribution in [2.45, 2.75) is 31.7 Å². The summed E-state index contributed by atoms with van der Waals surface area (Å²) in [5.74, 6) is 0.174. The van der Waals surface area contributed by atoms with Gasteiger partial charge in [0, 0.05) is 24.2 Å². The SMILES string of the molecule is COC(=O)c1ccc(N(C=O)CCN(C)C2CCC(CN)CC2)cn1.Clc1ccccc1. The summed E-state index contributed by atoms with van der Waals surface area (Å²) in [6.07, 6.45) is 7.01. The first-order chi connectivity index (χ1) is 15.5. The molecule has 0 aliphatic heterocycles. The Labute approximate surface area is 195 Å². The molecular formula is C24H33ClN4O3. The third kappa shape index (κ3) is 8.22. The fraction of sp³-hybridized carbons (Fsp3) is 0.458. The van der Waals surface area contributed by atoms with Crippen LogP contribution in [-0.4, -0.2) is 62.1 Å². The lowest BCUT2D eigenvalue weighted by Crippen LogP contribution is -2.40. The number of nitrogens with two attached hydrogens (primary N) is 1. The highest BCUT2D eigenvalue weighted by Crippen LogP contribution is 2.26. The number of benzene rings is 1. The maximum absolute atomic E-state index is 11.4. The minimum Gasteiger partial charge on any atom is -0.464 e. The molecule has 8 heteroatoms. The molecule has 2 aromatic rings. The third-order valence-electron chi connectivity index (χ3n) is 5.80. The maximum atomic E-state index is 11.4. The summed E-state index contributed by atoms with van der Waals surface area (Å²) in [7, 11) is 3.42. The molecule has 32 heavy (non-hydrogen) atoms. The van der Waals surface area contributed by atoms with Gasteiger partial charge >= 0.3 is 5.97 Å². The lowest BCUT2D eigenvalue weighted by molar-refractivity contribution is -0.107. The highest BCUT2D eigenvalue weighted by Gasteiger charge is 2.23. The van der Waals surface area contributed by atoms with E-state index in [-0.39, 0.29) is 5.69 Å². The lowest BCUT2D eigenvalue weighted by Gasteiger charge is -2.35. The Morgan fingerprint density at radius 1 is 1.16 bits per heavy atom. The summed E-state index contributed by atoms with van der Waals surface area (Å²) in [5, 5.41) is 0.794. The second-order valence-corrected chi connectivity index (χ2v) is 8.31. The van der Waals surface area contributed by atoms with E-state index in [0.717, 1.165) is 37.4 Å². The van der Waals surface area contributed by atoms with Gasteiger partial charge in [-0.2, -0.15) is 0 Å². The Kier molecular flexibility index (Phi) is 11.1. The number of carbonyl (C=O) groups is 2. The van der Waals surface area contributed by atoms with Crippen molar-refractivity contribution in [3.63, 3.8) is 0 Å². The Bertz CT molecular complexity index is 812. The molecule has 1 aromatic heterocycles. The van der Waals surface area contributed by atoms with Crippen molar-refractivity contribution in [2.24, 2.45) is 11.7 Å². The average molecular weight is 461 g/mol. The second-order valence-electron chi connectivity index (χ2n) is 7.88. The van der Waals surface area contributed by atoms with E-state index in [1.165, 1.54) is 26.1 Å². The van der Waals surface area contributed by atoms with Gasteiger partial charge in [-0.25, -0.2) is 9.78 Å². The number of halogens is 1. The highest BCUT2D eigenvalue weighted by molar-refractivity contribution is 6.30. The predicted octanol–water partition coefficient (Wildman–Crippen LogP) is 3.62. The van der Waals surface area contributed by atoms with Crippen LogP contribution in [0.3, 0.4) is 0 Å². The van der Waals surface area contributed by atoms with Crippen molar-refractivity contribution < 1.29 is 14.3 Å². The molecule has 0 spiro atoms. The summed E-state index contributed by atoms with van der Waals surface area (Å²) >= 11 is 5.54. The molecule has 174 valence electrons. The van der Waals surface area contributed by atoms with E-state index >= 15 is 0 Å². The van der Waals surface area contributed by atoms with Gasteiger partial charge in [0.05, 0.1) is 19.0 Å². The average Bonchev–Trinajstić information content (AvgIpc) is 2.85. The molecule has 0 unspecified atom stereocenters. The summed E-state index contributed by atoms with van der Waals surface area (Å²) in [5.41, 5.74) is 6.65. The highest BCUT2D eigenvalue weighted by atomic mass is 35.5. The van der Waals surface area contributed by atoms with Crippen molar-refractivity contribution in [1.29, 1.82) is 0 Å². The molecule has 3 rings (SSSR count). The van der Waals surface area contributed by atoms with E-state index in [2.05, 4.69) is 21.7 Å². The fourth-order valence-electron chi connectivity index (χ4n) is 3.71. The molecule has 0 atom stereocenters. The van der Waals surface area contributed by atoms with Gasteiger partial charge in [-0.15, -0.1) is 0 Å². The van der Waals surface area contributed by atoms with Gasteiger partial charge in [0.15, 0.2) is 0 Å². The Morgan fingerprint density at radius 2 is 1.84 bits per heavy atom. The van der Waals surface area contributed by atoms with Gasteiger partial charge < -0.3 is 20.3 Å². The number of methoxy groups -OCH3 is 1. The number of anilines is 1. The van der Waals surface area contributed by atoms with E-state index in [1.54, 1.807) is 17.0 Å². The number of aromatic nitrogens is 1. The van der Waals surface area contributed by atoms with Crippen molar-refractivity contribution in [1.82, 2.24) is 9.88 Å². The Morgan fingerprint density at radius 3 is 2.31 bits per heavy atom. The monoisotopic (exact) mass is 460 g/mol. The third-order valence-corrected chi connectivity index (χ3v) is 6.05. The van der Waals surface area contributed by atoms with Crippen LogP contribution < -0.4 is 10.6 Å². The molecular weight excluding hydrogens is 428 g/mol. The normalized spacial score (nSPS) is 17.8. The van der Waals surface area contributed by atoms with Crippen molar-refractivity contribution in [3.05, 3.63) is 59.4 Å². The molecule has 1 aliphatic carbocycles. The molecule has 2 N–H and O–H groups in total. The maximum Gasteiger partial charge on any atom is 0.356 e. The van der Waals surface area contributed by atoms with Gasteiger partial charge in [-0.3, -0.25) is 4.79 Å². The molecule has 0 bridgehead atoms. The number of esters is 1. The smallest absolute Gasteiger partial charge is 0.356 e. The minimum absolute atomic E-state index is 0.228. The van der Waals surface area contributed by atoms with E-state index in [0.29, 0.717) is 24.2 Å². The number of ether oxygens (including phenoxy) is 1.